The Morgan fingerprint density at radius 3 is 2.10 bits per heavy atom. The van der Waals surface area contributed by atoms with E-state index >= 15 is 0 Å². The first-order chi connectivity index (χ1) is 19.7. The molecule has 10 nitrogen and oxygen atoms in total. The van der Waals surface area contributed by atoms with E-state index in [1.807, 2.05) is 46.8 Å². The number of Topliss-reactive ketones (excluding diaryl/α,β-unsaturated/α-hetero) is 1. The molecular formula is C32H47N5O5. The Hall–Kier alpha value is -3.43. The van der Waals surface area contributed by atoms with Crippen LogP contribution in [-0.4, -0.2) is 89.6 Å². The molecule has 1 aromatic rings. The van der Waals surface area contributed by atoms with E-state index in [0.29, 0.717) is 31.4 Å². The highest BCUT2D eigenvalue weighted by Crippen LogP contribution is 2.32. The van der Waals surface area contributed by atoms with Crippen LogP contribution in [0.3, 0.4) is 0 Å². The van der Waals surface area contributed by atoms with Crippen molar-refractivity contribution in [2.24, 2.45) is 11.3 Å². The van der Waals surface area contributed by atoms with Crippen LogP contribution in [0.1, 0.15) is 84.0 Å². The van der Waals surface area contributed by atoms with Crippen LogP contribution >= 0.6 is 0 Å². The molecule has 0 aliphatic carbocycles. The smallest absolute Gasteiger partial charge is 0.251 e. The van der Waals surface area contributed by atoms with Gasteiger partial charge < -0.3 is 25.3 Å². The molecule has 0 aromatic heterocycles. The minimum absolute atomic E-state index is 0.0945. The van der Waals surface area contributed by atoms with Gasteiger partial charge in [0.1, 0.15) is 18.1 Å². The number of benzene rings is 1. The van der Waals surface area contributed by atoms with Gasteiger partial charge in [0.25, 0.3) is 5.91 Å². The molecule has 3 heterocycles. The number of amides is 4. The van der Waals surface area contributed by atoms with Gasteiger partial charge in [0, 0.05) is 37.8 Å². The highest BCUT2D eigenvalue weighted by Gasteiger charge is 2.53. The molecule has 4 rings (SSSR count). The molecule has 0 bridgehead atoms. The minimum Gasteiger partial charge on any atom is -0.372 e. The van der Waals surface area contributed by atoms with Gasteiger partial charge in [0.15, 0.2) is 5.78 Å². The lowest BCUT2D eigenvalue weighted by Crippen LogP contribution is -2.53. The van der Waals surface area contributed by atoms with E-state index in [9.17, 15) is 24.0 Å². The van der Waals surface area contributed by atoms with Crippen LogP contribution in [0.5, 0.6) is 0 Å². The van der Waals surface area contributed by atoms with Crippen LogP contribution in [-0.2, 0) is 19.2 Å². The second-order valence-corrected chi connectivity index (χ2v) is 13.7. The molecule has 230 valence electrons. The maximum atomic E-state index is 13.9. The van der Waals surface area contributed by atoms with Crippen LogP contribution in [0.4, 0.5) is 5.69 Å². The van der Waals surface area contributed by atoms with Crippen molar-refractivity contribution in [3.63, 3.8) is 0 Å². The molecule has 2 N–H and O–H groups in total. The second-order valence-electron chi connectivity index (χ2n) is 13.7. The van der Waals surface area contributed by atoms with Crippen molar-refractivity contribution < 1.29 is 24.0 Å². The van der Waals surface area contributed by atoms with Gasteiger partial charge in [0.2, 0.25) is 17.7 Å². The Morgan fingerprint density at radius 2 is 1.52 bits per heavy atom. The van der Waals surface area contributed by atoms with Crippen molar-refractivity contribution >= 4 is 35.1 Å². The lowest BCUT2D eigenvalue weighted by atomic mass is 9.87. The largest absolute Gasteiger partial charge is 0.372 e. The summed E-state index contributed by atoms with van der Waals surface area (Å²) in [4.78, 5) is 71.3. The Morgan fingerprint density at radius 1 is 0.905 bits per heavy atom. The molecule has 0 radical (unpaired) electrons. The zero-order valence-electron chi connectivity index (χ0n) is 25.9. The van der Waals surface area contributed by atoms with E-state index in [-0.39, 0.29) is 47.3 Å². The number of likely N-dealkylation sites (tertiary alicyclic amines) is 2. The fourth-order valence-corrected chi connectivity index (χ4v) is 6.55. The number of anilines is 1. The first-order valence-corrected chi connectivity index (χ1v) is 15.3. The monoisotopic (exact) mass is 581 g/mol. The quantitative estimate of drug-likeness (QED) is 0.463. The summed E-state index contributed by atoms with van der Waals surface area (Å²) in [6.45, 7) is 13.6. The van der Waals surface area contributed by atoms with Crippen molar-refractivity contribution in [2.75, 3.05) is 31.1 Å². The lowest BCUT2D eigenvalue weighted by molar-refractivity contribution is -0.138. The van der Waals surface area contributed by atoms with Gasteiger partial charge in [-0.05, 0) is 67.7 Å². The van der Waals surface area contributed by atoms with Gasteiger partial charge in [-0.3, -0.25) is 24.0 Å². The Kier molecular flexibility index (Phi) is 9.63. The van der Waals surface area contributed by atoms with Gasteiger partial charge in [-0.2, -0.15) is 0 Å². The lowest BCUT2D eigenvalue weighted by Gasteiger charge is -2.31. The van der Waals surface area contributed by atoms with Crippen molar-refractivity contribution in [3.8, 4) is 0 Å². The minimum atomic E-state index is -0.792. The SMILES string of the molecule is CC(=O)NC(CC(C)(C)C)C(=O)N1CC(=O)C2C1CCN2C(=O)C(CC(C)C)NC(=O)c1ccc(N2CCCC2)cc1. The number of rotatable bonds is 9. The van der Waals surface area contributed by atoms with E-state index in [2.05, 4.69) is 15.5 Å². The van der Waals surface area contributed by atoms with Crippen molar-refractivity contribution in [1.29, 1.82) is 0 Å². The van der Waals surface area contributed by atoms with Gasteiger partial charge >= 0.3 is 0 Å². The van der Waals surface area contributed by atoms with Crippen LogP contribution in [0.25, 0.3) is 0 Å². The molecule has 3 aliphatic heterocycles. The Bertz CT molecular complexity index is 1180. The average Bonchev–Trinajstić information content (AvgIpc) is 3.65. The molecule has 4 amide bonds. The van der Waals surface area contributed by atoms with E-state index < -0.39 is 24.2 Å². The normalized spacial score (nSPS) is 21.9. The Balaban J connectivity index is 1.47. The molecule has 4 atom stereocenters. The summed E-state index contributed by atoms with van der Waals surface area (Å²) in [6, 6.07) is 4.74. The number of fused-ring (bicyclic) bond motifs is 1. The molecule has 10 heteroatoms. The molecule has 3 fully saturated rings. The van der Waals surface area contributed by atoms with Crippen molar-refractivity contribution in [1.82, 2.24) is 20.4 Å². The predicted molar refractivity (Wildman–Crippen MR) is 161 cm³/mol. The molecule has 3 aliphatic rings. The zero-order chi connectivity index (χ0) is 30.8. The summed E-state index contributed by atoms with van der Waals surface area (Å²) in [5, 5.41) is 5.71. The first-order valence-electron chi connectivity index (χ1n) is 15.3. The second kappa shape index (κ2) is 12.8. The topological polar surface area (TPSA) is 119 Å². The van der Waals surface area contributed by atoms with Crippen LogP contribution in [0, 0.1) is 11.3 Å². The summed E-state index contributed by atoms with van der Waals surface area (Å²) in [5.74, 6) is -1.28. The van der Waals surface area contributed by atoms with E-state index in [0.717, 1.165) is 18.8 Å². The van der Waals surface area contributed by atoms with Gasteiger partial charge in [-0.1, -0.05) is 34.6 Å². The number of nitrogens with zero attached hydrogens (tertiary/aromatic N) is 3. The molecule has 3 saturated heterocycles. The maximum Gasteiger partial charge on any atom is 0.251 e. The van der Waals surface area contributed by atoms with Crippen LogP contribution in [0.2, 0.25) is 0 Å². The third-order valence-electron chi connectivity index (χ3n) is 8.39. The summed E-state index contributed by atoms with van der Waals surface area (Å²) >= 11 is 0. The standard InChI is InChI=1S/C32H47N5O5/c1-20(2)17-24(34-29(40)22-9-11-23(12-10-22)35-14-7-8-15-35)30(41)36-16-13-26-28(36)27(39)19-37(26)31(42)25(33-21(3)38)18-32(4,5)6/h9-12,20,24-26,28H,7-8,13-19H2,1-6H3,(H,33,38)(H,34,40). The molecule has 4 unspecified atom stereocenters. The number of ketones is 1. The zero-order valence-corrected chi connectivity index (χ0v) is 25.9. The fraction of sp³-hybridized carbons (Fsp3) is 0.656. The van der Waals surface area contributed by atoms with Gasteiger partial charge in [0.05, 0.1) is 12.6 Å². The number of hydrogen-bond donors (Lipinski definition) is 2. The van der Waals surface area contributed by atoms with E-state index in [1.165, 1.54) is 19.8 Å². The Labute approximate surface area is 249 Å². The number of carbonyl (C=O) groups is 5. The maximum absolute atomic E-state index is 13.9. The van der Waals surface area contributed by atoms with Gasteiger partial charge in [-0.25, -0.2) is 0 Å². The van der Waals surface area contributed by atoms with Gasteiger partial charge in [-0.15, -0.1) is 0 Å². The number of nitrogens with one attached hydrogen (secondary N) is 2. The van der Waals surface area contributed by atoms with Crippen molar-refractivity contribution in [3.05, 3.63) is 29.8 Å². The fourth-order valence-electron chi connectivity index (χ4n) is 6.55. The predicted octanol–water partition coefficient (Wildman–Crippen LogP) is 2.75. The molecular weight excluding hydrogens is 534 g/mol. The third-order valence-corrected chi connectivity index (χ3v) is 8.39. The average molecular weight is 582 g/mol. The summed E-state index contributed by atoms with van der Waals surface area (Å²) in [6.07, 6.45) is 3.66. The van der Waals surface area contributed by atoms with Crippen LogP contribution in [0.15, 0.2) is 24.3 Å². The number of hydrogen-bond acceptors (Lipinski definition) is 6. The summed E-state index contributed by atoms with van der Waals surface area (Å²) < 4.78 is 0. The third kappa shape index (κ3) is 7.31. The summed E-state index contributed by atoms with van der Waals surface area (Å²) in [7, 11) is 0. The molecule has 0 spiro atoms. The molecule has 0 saturated carbocycles. The highest BCUT2D eigenvalue weighted by atomic mass is 16.2. The molecule has 42 heavy (non-hydrogen) atoms. The molecule has 1 aromatic carbocycles. The van der Waals surface area contributed by atoms with Crippen LogP contribution < -0.4 is 15.5 Å². The van der Waals surface area contributed by atoms with E-state index in [4.69, 9.17) is 0 Å². The summed E-state index contributed by atoms with van der Waals surface area (Å²) in [5.41, 5.74) is 1.35. The highest BCUT2D eigenvalue weighted by molar-refractivity contribution is 6.01. The first kappa shape index (κ1) is 31.5. The van der Waals surface area contributed by atoms with E-state index in [1.54, 1.807) is 21.9 Å². The number of carbonyl (C=O) groups excluding carboxylic acids is 5. The van der Waals surface area contributed by atoms with Crippen molar-refractivity contribution in [2.45, 2.75) is 97.8 Å².